The number of hydrogen-bond acceptors (Lipinski definition) is 3. The minimum atomic E-state index is -0.177. The minimum absolute atomic E-state index is 0.177. The number of carbonyl (C=O) groups excluding carboxylic acids is 1. The third-order valence-corrected chi connectivity index (χ3v) is 4.68. The number of carbonyl (C=O) groups is 1. The number of ether oxygens (including phenoxy) is 2. The lowest BCUT2D eigenvalue weighted by atomic mass is 10.1. The van der Waals surface area contributed by atoms with Gasteiger partial charge in [-0.2, -0.15) is 0 Å². The van der Waals surface area contributed by atoms with E-state index in [1.54, 1.807) is 30.3 Å². The highest BCUT2D eigenvalue weighted by atomic mass is 35.5. The molecule has 5 heteroatoms. The van der Waals surface area contributed by atoms with Gasteiger partial charge in [0.15, 0.2) is 0 Å². The Balaban J connectivity index is 1.80. The topological polar surface area (TPSA) is 47.6 Å². The van der Waals surface area contributed by atoms with Crippen LogP contribution in [0.5, 0.6) is 11.5 Å². The molecular weight excluding hydrogens is 386 g/mol. The predicted octanol–water partition coefficient (Wildman–Crippen LogP) is 6.19. The van der Waals surface area contributed by atoms with Crippen LogP contribution in [0.1, 0.15) is 34.0 Å². The zero-order chi connectivity index (χ0) is 20.8. The summed E-state index contributed by atoms with van der Waals surface area (Å²) in [6, 6.07) is 18.5. The Morgan fingerprint density at radius 2 is 1.83 bits per heavy atom. The van der Waals surface area contributed by atoms with Gasteiger partial charge >= 0.3 is 0 Å². The van der Waals surface area contributed by atoms with Crippen molar-refractivity contribution >= 4 is 23.2 Å². The lowest BCUT2D eigenvalue weighted by molar-refractivity contribution is 0.102. The first kappa shape index (κ1) is 20.7. The Morgan fingerprint density at radius 3 is 2.55 bits per heavy atom. The largest absolute Gasteiger partial charge is 0.493 e. The second-order valence-electron chi connectivity index (χ2n) is 6.77. The first-order chi connectivity index (χ1) is 14.0. The molecule has 0 heterocycles. The Kier molecular flexibility index (Phi) is 6.78. The highest BCUT2D eigenvalue weighted by Crippen LogP contribution is 2.25. The molecular formula is C24H24ClNO3. The summed E-state index contributed by atoms with van der Waals surface area (Å²) in [6.45, 7) is 6.71. The molecule has 1 N–H and O–H groups in total. The second kappa shape index (κ2) is 9.48. The molecule has 0 fully saturated rings. The van der Waals surface area contributed by atoms with E-state index in [2.05, 4.69) is 5.32 Å². The fraction of sp³-hybridized carbons (Fsp3) is 0.208. The molecule has 0 bridgehead atoms. The van der Waals surface area contributed by atoms with Crippen LogP contribution < -0.4 is 14.8 Å². The van der Waals surface area contributed by atoms with Crippen molar-refractivity contribution in [2.24, 2.45) is 0 Å². The maximum absolute atomic E-state index is 12.8. The minimum Gasteiger partial charge on any atom is -0.493 e. The summed E-state index contributed by atoms with van der Waals surface area (Å²) < 4.78 is 11.5. The van der Waals surface area contributed by atoms with Gasteiger partial charge in [-0.05, 0) is 68.8 Å². The lowest BCUT2D eigenvalue weighted by Crippen LogP contribution is -2.14. The smallest absolute Gasteiger partial charge is 0.255 e. The Hall–Kier alpha value is -2.98. The van der Waals surface area contributed by atoms with E-state index < -0.39 is 0 Å². The molecule has 0 atom stereocenters. The molecule has 0 aromatic heterocycles. The second-order valence-corrected chi connectivity index (χ2v) is 7.21. The number of nitrogens with one attached hydrogen (secondary N) is 1. The number of aryl methyl sites for hydroxylation is 2. The maximum Gasteiger partial charge on any atom is 0.255 e. The van der Waals surface area contributed by atoms with Crippen molar-refractivity contribution in [3.05, 3.63) is 87.9 Å². The van der Waals surface area contributed by atoms with E-state index in [1.165, 1.54) is 0 Å². The standard InChI is InChI=1S/C24H24ClNO3/c1-4-28-23-11-9-18(24(27)26-22-10-8-16(2)12-17(22)3)13-19(23)15-29-21-7-5-6-20(25)14-21/h5-14H,4,15H2,1-3H3,(H,26,27). The van der Waals surface area contributed by atoms with Gasteiger partial charge in [0.05, 0.1) is 6.61 Å². The number of amides is 1. The Bertz CT molecular complexity index is 1020. The maximum atomic E-state index is 12.8. The van der Waals surface area contributed by atoms with Crippen LogP contribution in [0.15, 0.2) is 60.7 Å². The summed E-state index contributed by atoms with van der Waals surface area (Å²) in [7, 11) is 0. The molecule has 0 unspecified atom stereocenters. The van der Waals surface area contributed by atoms with Crippen LogP contribution in [-0.2, 0) is 6.61 Å². The van der Waals surface area contributed by atoms with E-state index in [4.69, 9.17) is 21.1 Å². The van der Waals surface area contributed by atoms with E-state index in [9.17, 15) is 4.79 Å². The average Bonchev–Trinajstić information content (AvgIpc) is 2.69. The van der Waals surface area contributed by atoms with Gasteiger partial charge in [-0.3, -0.25) is 4.79 Å². The van der Waals surface area contributed by atoms with Crippen LogP contribution in [0.25, 0.3) is 0 Å². The fourth-order valence-corrected chi connectivity index (χ4v) is 3.18. The molecule has 1 amide bonds. The molecule has 0 saturated carbocycles. The molecule has 0 aliphatic carbocycles. The van der Waals surface area contributed by atoms with Gasteiger partial charge in [0.1, 0.15) is 18.1 Å². The van der Waals surface area contributed by atoms with E-state index in [1.807, 2.05) is 51.1 Å². The first-order valence-electron chi connectivity index (χ1n) is 9.49. The van der Waals surface area contributed by atoms with Crippen LogP contribution in [0, 0.1) is 13.8 Å². The highest BCUT2D eigenvalue weighted by Gasteiger charge is 2.13. The van der Waals surface area contributed by atoms with Crippen LogP contribution in [0.2, 0.25) is 5.02 Å². The zero-order valence-corrected chi connectivity index (χ0v) is 17.5. The molecule has 0 saturated heterocycles. The predicted molar refractivity (Wildman–Crippen MR) is 117 cm³/mol. The van der Waals surface area contributed by atoms with Crippen LogP contribution in [0.4, 0.5) is 5.69 Å². The van der Waals surface area contributed by atoms with Gasteiger partial charge in [-0.1, -0.05) is 35.4 Å². The van der Waals surface area contributed by atoms with Crippen LogP contribution >= 0.6 is 11.6 Å². The first-order valence-corrected chi connectivity index (χ1v) is 9.86. The molecule has 29 heavy (non-hydrogen) atoms. The number of rotatable bonds is 7. The quantitative estimate of drug-likeness (QED) is 0.506. The summed E-state index contributed by atoms with van der Waals surface area (Å²) in [5.41, 5.74) is 4.31. The Labute approximate surface area is 176 Å². The monoisotopic (exact) mass is 409 g/mol. The van der Waals surface area contributed by atoms with Crippen molar-refractivity contribution in [1.29, 1.82) is 0 Å². The fourth-order valence-electron chi connectivity index (χ4n) is 3.00. The van der Waals surface area contributed by atoms with E-state index in [0.717, 1.165) is 22.4 Å². The van der Waals surface area contributed by atoms with Gasteiger partial charge in [0.25, 0.3) is 5.91 Å². The molecule has 0 radical (unpaired) electrons. The van der Waals surface area contributed by atoms with E-state index in [0.29, 0.717) is 28.7 Å². The summed E-state index contributed by atoms with van der Waals surface area (Å²) in [5, 5.41) is 3.58. The molecule has 3 aromatic carbocycles. The van der Waals surface area contributed by atoms with Crippen LogP contribution in [-0.4, -0.2) is 12.5 Å². The van der Waals surface area contributed by atoms with E-state index >= 15 is 0 Å². The molecule has 3 aromatic rings. The van der Waals surface area contributed by atoms with Gasteiger partial charge in [-0.15, -0.1) is 0 Å². The van der Waals surface area contributed by atoms with Crippen LogP contribution in [0.3, 0.4) is 0 Å². The normalized spacial score (nSPS) is 10.5. The molecule has 150 valence electrons. The Morgan fingerprint density at radius 1 is 1.00 bits per heavy atom. The summed E-state index contributed by atoms with van der Waals surface area (Å²) >= 11 is 6.02. The van der Waals surface area contributed by atoms with Crippen molar-refractivity contribution in [3.8, 4) is 11.5 Å². The van der Waals surface area contributed by atoms with E-state index in [-0.39, 0.29) is 12.5 Å². The SMILES string of the molecule is CCOc1ccc(C(=O)Nc2ccc(C)cc2C)cc1COc1cccc(Cl)c1. The number of hydrogen-bond donors (Lipinski definition) is 1. The van der Waals surface area contributed by atoms with Gasteiger partial charge in [0, 0.05) is 21.8 Å². The average molecular weight is 410 g/mol. The highest BCUT2D eigenvalue weighted by molar-refractivity contribution is 6.30. The third kappa shape index (κ3) is 5.52. The lowest BCUT2D eigenvalue weighted by Gasteiger charge is -2.14. The van der Waals surface area contributed by atoms with Crippen molar-refractivity contribution in [1.82, 2.24) is 0 Å². The van der Waals surface area contributed by atoms with Gasteiger partial charge in [0.2, 0.25) is 0 Å². The molecule has 4 nitrogen and oxygen atoms in total. The summed E-state index contributed by atoms with van der Waals surface area (Å²) in [6.07, 6.45) is 0. The van der Waals surface area contributed by atoms with Crippen molar-refractivity contribution in [2.75, 3.05) is 11.9 Å². The van der Waals surface area contributed by atoms with Crippen molar-refractivity contribution in [3.63, 3.8) is 0 Å². The number of benzene rings is 3. The van der Waals surface area contributed by atoms with Crippen molar-refractivity contribution in [2.45, 2.75) is 27.4 Å². The number of halogens is 1. The third-order valence-electron chi connectivity index (χ3n) is 4.44. The molecule has 0 aliphatic rings. The molecule has 3 rings (SSSR count). The van der Waals surface area contributed by atoms with Gasteiger partial charge < -0.3 is 14.8 Å². The summed E-state index contributed by atoms with van der Waals surface area (Å²) in [4.78, 5) is 12.8. The summed E-state index contributed by atoms with van der Waals surface area (Å²) in [5.74, 6) is 1.17. The number of anilines is 1. The molecule has 0 spiro atoms. The molecule has 0 aliphatic heterocycles. The zero-order valence-electron chi connectivity index (χ0n) is 16.8. The van der Waals surface area contributed by atoms with Crippen molar-refractivity contribution < 1.29 is 14.3 Å². The van der Waals surface area contributed by atoms with Gasteiger partial charge in [-0.25, -0.2) is 0 Å².